The number of hydrogen-bond donors (Lipinski definition) is 5. The number of esters is 1. The monoisotopic (exact) mass is 863 g/mol. The van der Waals surface area contributed by atoms with Crippen molar-refractivity contribution in [3.63, 3.8) is 0 Å². The fraction of sp³-hybridized carbons (Fsp3) is 0.395. The number of alkyl halides is 1. The number of amides is 2. The summed E-state index contributed by atoms with van der Waals surface area (Å²) in [4.78, 5) is 63.4. The number of nitrogens with one attached hydrogen (secondary N) is 3. The van der Waals surface area contributed by atoms with Crippen molar-refractivity contribution in [1.29, 1.82) is 5.41 Å². The first kappa shape index (κ1) is 42.0. The van der Waals surface area contributed by atoms with E-state index in [2.05, 4.69) is 35.1 Å². The van der Waals surface area contributed by atoms with Gasteiger partial charge in [0.25, 0.3) is 18.7 Å². The van der Waals surface area contributed by atoms with Crippen molar-refractivity contribution in [2.75, 3.05) is 32.0 Å². The van der Waals surface area contributed by atoms with Crippen LogP contribution in [0.15, 0.2) is 70.1 Å². The Bertz CT molecular complexity index is 2200. The second kappa shape index (κ2) is 18.4. The number of aromatic nitrogens is 2. The first-order valence-corrected chi connectivity index (χ1v) is 20.7. The topological polar surface area (TPSA) is 262 Å². The van der Waals surface area contributed by atoms with Crippen molar-refractivity contribution < 1.29 is 42.6 Å². The van der Waals surface area contributed by atoms with E-state index in [9.17, 15) is 23.6 Å². The lowest BCUT2D eigenvalue weighted by Crippen LogP contribution is -2.71. The SMILES string of the molecule is CC(OC(=O)OCC1c2ccccc2-c2ccccc21)OC(=O)C1=C(C=NN(C)C(=N)NC2CCC(N)CC2)CSC2C(NC(=O)C(=NOCF)c3nsc(N)n3)C(=O)N12. The van der Waals surface area contributed by atoms with Crippen molar-refractivity contribution in [2.24, 2.45) is 16.0 Å². The maximum absolute atomic E-state index is 13.9. The fourth-order valence-corrected chi connectivity index (χ4v) is 9.03. The normalized spacial score (nSPS) is 21.6. The van der Waals surface area contributed by atoms with Gasteiger partial charge >= 0.3 is 12.1 Å². The van der Waals surface area contributed by atoms with Crippen LogP contribution >= 0.6 is 23.3 Å². The standard InChI is InChI=1S/C38H42FN11O8S2/c1-19(58-38(54)55-16-27-25-9-5-3-7-23(25)24-8-4-6-10-26(24)27)57-35(53)30-20(15-43-49(2)36(41)44-22-13-11-21(40)12-14-22)17-59-34-29(33(52)50(30)34)45-32(51)28(47-56-18-39)31-46-37(42)60-48-31/h3-10,15,19,21-22,27,29,34H,11-14,16-18,40H2,1-2H3,(H2,41,44)(H,45,51)(H2,42,46,48). The van der Waals surface area contributed by atoms with E-state index in [1.807, 2.05) is 48.5 Å². The smallest absolute Gasteiger partial charge is 0.433 e. The van der Waals surface area contributed by atoms with Gasteiger partial charge < -0.3 is 41.1 Å². The van der Waals surface area contributed by atoms with Gasteiger partial charge in [0.2, 0.25) is 23.8 Å². The van der Waals surface area contributed by atoms with E-state index in [0.717, 1.165) is 64.4 Å². The van der Waals surface area contributed by atoms with Crippen LogP contribution in [0.2, 0.25) is 0 Å². The lowest BCUT2D eigenvalue weighted by Gasteiger charge is -2.49. The number of nitrogens with two attached hydrogens (primary N) is 2. The zero-order chi connectivity index (χ0) is 42.5. The number of oxime groups is 1. The van der Waals surface area contributed by atoms with Gasteiger partial charge in [-0.15, -0.1) is 11.8 Å². The number of carbonyl (C=O) groups excluding carboxylic acids is 4. The molecule has 0 bridgehead atoms. The number of rotatable bonds is 13. The third-order valence-corrected chi connectivity index (χ3v) is 12.1. The summed E-state index contributed by atoms with van der Waals surface area (Å²) >= 11 is 1.97. The van der Waals surface area contributed by atoms with Gasteiger partial charge in [0.15, 0.2) is 5.13 Å². The molecule has 3 atom stereocenters. The van der Waals surface area contributed by atoms with Gasteiger partial charge in [0.1, 0.15) is 23.7 Å². The Kier molecular flexibility index (Phi) is 12.9. The largest absolute Gasteiger partial charge is 0.511 e. The summed E-state index contributed by atoms with van der Waals surface area (Å²) in [6.07, 6.45) is 2.06. The van der Waals surface area contributed by atoms with E-state index in [-0.39, 0.29) is 58.5 Å². The van der Waals surface area contributed by atoms with Crippen LogP contribution in [-0.2, 0) is 33.4 Å². The molecule has 3 aromatic rings. The van der Waals surface area contributed by atoms with Gasteiger partial charge in [-0.1, -0.05) is 53.7 Å². The van der Waals surface area contributed by atoms with E-state index in [1.54, 1.807) is 7.05 Å². The van der Waals surface area contributed by atoms with Crippen molar-refractivity contribution in [3.8, 4) is 11.1 Å². The maximum atomic E-state index is 13.9. The number of hydrogen-bond acceptors (Lipinski definition) is 17. The third-order valence-electron chi connectivity index (χ3n) is 10.2. The predicted octanol–water partition coefficient (Wildman–Crippen LogP) is 2.99. The molecule has 19 nitrogen and oxygen atoms in total. The van der Waals surface area contributed by atoms with E-state index in [0.29, 0.717) is 0 Å². The minimum absolute atomic E-state index is 0.00841. The molecule has 4 aliphatic rings. The second-order valence-corrected chi connectivity index (χ2v) is 16.0. The number of ether oxygens (including phenoxy) is 3. The van der Waals surface area contributed by atoms with Crippen LogP contribution in [0.1, 0.15) is 55.5 Å². The minimum Gasteiger partial charge on any atom is -0.433 e. The number of nitrogens with zero attached hydrogens (tertiary/aromatic N) is 6. The van der Waals surface area contributed by atoms with Crippen LogP contribution < -0.4 is 22.1 Å². The lowest BCUT2D eigenvalue weighted by atomic mass is 9.92. The summed E-state index contributed by atoms with van der Waals surface area (Å²) in [5, 5.41) is 22.5. The Balaban J connectivity index is 1.05. The molecule has 2 aliphatic carbocycles. The van der Waals surface area contributed by atoms with Gasteiger partial charge in [-0.3, -0.25) is 19.9 Å². The van der Waals surface area contributed by atoms with Crippen LogP contribution in [0.5, 0.6) is 0 Å². The van der Waals surface area contributed by atoms with Crippen LogP contribution in [0.4, 0.5) is 14.3 Å². The number of β-lactam (4-membered cyclic amide) rings is 1. The summed E-state index contributed by atoms with van der Waals surface area (Å²) < 4.78 is 33.2. The number of hydrazone groups is 1. The quantitative estimate of drug-likeness (QED) is 0.0413. The molecule has 2 fully saturated rings. The number of guanidine groups is 1. The van der Waals surface area contributed by atoms with Crippen molar-refractivity contribution in [2.45, 2.75) is 68.3 Å². The summed E-state index contributed by atoms with van der Waals surface area (Å²) in [5.74, 6) is -3.07. The highest BCUT2D eigenvalue weighted by Gasteiger charge is 2.55. The van der Waals surface area contributed by atoms with Crippen LogP contribution in [0.25, 0.3) is 11.1 Å². The number of halogens is 1. The van der Waals surface area contributed by atoms with E-state index < -0.39 is 54.2 Å². The van der Waals surface area contributed by atoms with Gasteiger partial charge in [-0.05, 0) is 47.9 Å². The highest BCUT2D eigenvalue weighted by atomic mass is 32.2. The first-order chi connectivity index (χ1) is 28.9. The van der Waals surface area contributed by atoms with E-state index >= 15 is 0 Å². The minimum atomic E-state index is -1.46. The number of benzene rings is 2. The molecule has 0 radical (unpaired) electrons. The van der Waals surface area contributed by atoms with Gasteiger partial charge in [-0.2, -0.15) is 14.5 Å². The molecule has 7 rings (SSSR count). The average Bonchev–Trinajstić information content (AvgIpc) is 3.82. The third kappa shape index (κ3) is 9.04. The molecule has 3 heterocycles. The summed E-state index contributed by atoms with van der Waals surface area (Å²) in [6.45, 7) is -0.0608. The molecule has 2 amide bonds. The fourth-order valence-electron chi connectivity index (χ4n) is 7.30. The molecule has 2 aliphatic heterocycles. The lowest BCUT2D eigenvalue weighted by molar-refractivity contribution is -0.169. The van der Waals surface area contributed by atoms with Crippen molar-refractivity contribution in [1.82, 2.24) is 29.9 Å². The molecular formula is C38H42FN11O8S2. The molecule has 2 aromatic carbocycles. The summed E-state index contributed by atoms with van der Waals surface area (Å²) in [7, 11) is 1.55. The molecular weight excluding hydrogens is 822 g/mol. The zero-order valence-electron chi connectivity index (χ0n) is 32.4. The maximum Gasteiger partial charge on any atom is 0.511 e. The molecule has 7 N–H and O–H groups in total. The van der Waals surface area contributed by atoms with Gasteiger partial charge in [-0.25, -0.2) is 19.0 Å². The van der Waals surface area contributed by atoms with Crippen LogP contribution in [0, 0.1) is 5.41 Å². The Morgan fingerprint density at radius 3 is 2.42 bits per heavy atom. The van der Waals surface area contributed by atoms with E-state index in [1.165, 1.54) is 29.9 Å². The zero-order valence-corrected chi connectivity index (χ0v) is 34.0. The number of fused-ring (bicyclic) bond motifs is 4. The number of carbonyl (C=O) groups is 4. The Morgan fingerprint density at radius 2 is 1.77 bits per heavy atom. The number of anilines is 1. The second-order valence-electron chi connectivity index (χ2n) is 14.1. The molecule has 316 valence electrons. The Labute approximate surface area is 351 Å². The predicted molar refractivity (Wildman–Crippen MR) is 219 cm³/mol. The molecule has 1 saturated heterocycles. The highest BCUT2D eigenvalue weighted by molar-refractivity contribution is 8.00. The number of thioether (sulfide) groups is 1. The summed E-state index contributed by atoms with van der Waals surface area (Å²) in [6, 6.07) is 14.7. The Hall–Kier alpha value is -6.13. The molecule has 1 aromatic heterocycles. The van der Waals surface area contributed by atoms with Gasteiger partial charge in [0, 0.05) is 54.8 Å². The molecule has 22 heteroatoms. The van der Waals surface area contributed by atoms with Crippen LogP contribution in [0.3, 0.4) is 0 Å². The summed E-state index contributed by atoms with van der Waals surface area (Å²) in [5.41, 5.74) is 15.3. The molecule has 1 saturated carbocycles. The van der Waals surface area contributed by atoms with Crippen molar-refractivity contribution in [3.05, 3.63) is 76.8 Å². The molecule has 60 heavy (non-hydrogen) atoms. The average molecular weight is 864 g/mol. The van der Waals surface area contributed by atoms with Gasteiger partial charge in [0.05, 0.1) is 6.21 Å². The first-order valence-electron chi connectivity index (χ1n) is 18.9. The molecule has 0 spiro atoms. The molecule has 3 unspecified atom stereocenters. The van der Waals surface area contributed by atoms with E-state index in [4.69, 9.17) is 31.1 Å². The highest BCUT2D eigenvalue weighted by Crippen LogP contribution is 2.45. The van der Waals surface area contributed by atoms with Crippen LogP contribution in [-0.4, -0.2) is 117 Å². The Morgan fingerprint density at radius 1 is 1.08 bits per heavy atom. The van der Waals surface area contributed by atoms with Crippen molar-refractivity contribution >= 4 is 70.3 Å². The number of nitrogen functional groups attached to an aromatic ring is 1.